The van der Waals surface area contributed by atoms with Gasteiger partial charge in [0.25, 0.3) is 0 Å². The molecule has 0 amide bonds. The Kier molecular flexibility index (Phi) is 3.66. The largest absolute Gasteiger partial charge is 0.394 e. The van der Waals surface area contributed by atoms with Gasteiger partial charge >= 0.3 is 0 Å². The second kappa shape index (κ2) is 4.91. The van der Waals surface area contributed by atoms with Crippen LogP contribution in [0.1, 0.15) is 18.9 Å². The predicted octanol–water partition coefficient (Wildman–Crippen LogP) is 1.28. The number of likely N-dealkylation sites (tertiary alicyclic amines) is 1. The number of aliphatic hydroxyl groups excluding tert-OH is 2. The van der Waals surface area contributed by atoms with E-state index in [4.69, 9.17) is 0 Å². The van der Waals surface area contributed by atoms with E-state index in [2.05, 4.69) is 0 Å². The van der Waals surface area contributed by atoms with Crippen molar-refractivity contribution in [3.8, 4) is 0 Å². The standard InChI is InChI=1S/C13H17F2NO2/c1-13(8-17)5-9(18)6-16(13)7-10-11(14)3-2-4-12(10)15/h2-4,9,17-18H,5-8H2,1H3/t9-,13+/m1/s1. The Labute approximate surface area is 105 Å². The molecule has 0 unspecified atom stereocenters. The van der Waals surface area contributed by atoms with Crippen molar-refractivity contribution in [3.63, 3.8) is 0 Å². The van der Waals surface area contributed by atoms with Crippen molar-refractivity contribution in [2.24, 2.45) is 0 Å². The van der Waals surface area contributed by atoms with Crippen LogP contribution in [-0.2, 0) is 6.54 Å². The van der Waals surface area contributed by atoms with Crippen LogP contribution in [0.25, 0.3) is 0 Å². The van der Waals surface area contributed by atoms with E-state index < -0.39 is 23.3 Å². The van der Waals surface area contributed by atoms with Gasteiger partial charge in [-0.1, -0.05) is 6.07 Å². The van der Waals surface area contributed by atoms with Gasteiger partial charge in [0.1, 0.15) is 11.6 Å². The number of rotatable bonds is 3. The molecule has 5 heteroatoms. The third-order valence-electron chi connectivity index (χ3n) is 3.62. The van der Waals surface area contributed by atoms with E-state index in [1.54, 1.807) is 11.8 Å². The summed E-state index contributed by atoms with van der Waals surface area (Å²) in [4.78, 5) is 1.72. The Morgan fingerprint density at radius 2 is 2.00 bits per heavy atom. The third-order valence-corrected chi connectivity index (χ3v) is 3.62. The second-order valence-electron chi connectivity index (χ2n) is 5.09. The van der Waals surface area contributed by atoms with Crippen molar-refractivity contribution in [2.45, 2.75) is 31.5 Å². The summed E-state index contributed by atoms with van der Waals surface area (Å²) in [6.45, 7) is 1.99. The summed E-state index contributed by atoms with van der Waals surface area (Å²) in [7, 11) is 0. The molecular weight excluding hydrogens is 240 g/mol. The summed E-state index contributed by atoms with van der Waals surface area (Å²) in [6, 6.07) is 3.74. The molecular formula is C13H17F2NO2. The quantitative estimate of drug-likeness (QED) is 0.857. The summed E-state index contributed by atoms with van der Waals surface area (Å²) < 4.78 is 27.1. The van der Waals surface area contributed by atoms with Crippen LogP contribution in [0.4, 0.5) is 8.78 Å². The molecule has 0 aromatic heterocycles. The van der Waals surface area contributed by atoms with Crippen molar-refractivity contribution in [3.05, 3.63) is 35.4 Å². The van der Waals surface area contributed by atoms with Crippen molar-refractivity contribution in [2.75, 3.05) is 13.2 Å². The van der Waals surface area contributed by atoms with E-state index in [-0.39, 0.29) is 18.7 Å². The second-order valence-corrected chi connectivity index (χ2v) is 5.09. The monoisotopic (exact) mass is 257 g/mol. The van der Waals surface area contributed by atoms with E-state index in [0.717, 1.165) is 0 Å². The summed E-state index contributed by atoms with van der Waals surface area (Å²) in [5, 5.41) is 19.0. The molecule has 0 bridgehead atoms. The molecule has 2 N–H and O–H groups in total. The predicted molar refractivity (Wildman–Crippen MR) is 62.9 cm³/mol. The van der Waals surface area contributed by atoms with Gasteiger partial charge in [0.15, 0.2) is 0 Å². The molecule has 1 saturated heterocycles. The fourth-order valence-corrected chi connectivity index (χ4v) is 2.47. The van der Waals surface area contributed by atoms with Crippen LogP contribution in [0.15, 0.2) is 18.2 Å². The Morgan fingerprint density at radius 3 is 2.56 bits per heavy atom. The van der Waals surface area contributed by atoms with Gasteiger partial charge in [-0.3, -0.25) is 4.90 Å². The average Bonchev–Trinajstić information content (AvgIpc) is 2.60. The molecule has 1 heterocycles. The molecule has 0 spiro atoms. The number of benzene rings is 1. The average molecular weight is 257 g/mol. The summed E-state index contributed by atoms with van der Waals surface area (Å²) in [5.41, 5.74) is -0.653. The van der Waals surface area contributed by atoms with Gasteiger partial charge in [0.2, 0.25) is 0 Å². The molecule has 1 fully saturated rings. The van der Waals surface area contributed by atoms with Gasteiger partial charge in [0, 0.05) is 24.2 Å². The lowest BCUT2D eigenvalue weighted by atomic mass is 9.99. The lowest BCUT2D eigenvalue weighted by Gasteiger charge is -2.33. The number of aliphatic hydroxyl groups is 2. The highest BCUT2D eigenvalue weighted by Gasteiger charge is 2.41. The minimum atomic E-state index is -0.631. The summed E-state index contributed by atoms with van der Waals surface area (Å²) in [6.07, 6.45) is -0.170. The molecule has 100 valence electrons. The molecule has 2 atom stereocenters. The third kappa shape index (κ3) is 2.39. The zero-order chi connectivity index (χ0) is 13.3. The van der Waals surface area contributed by atoms with E-state index >= 15 is 0 Å². The maximum absolute atomic E-state index is 13.6. The van der Waals surface area contributed by atoms with Crippen LogP contribution in [0.2, 0.25) is 0 Å². The Balaban J connectivity index is 2.23. The maximum atomic E-state index is 13.6. The molecule has 3 nitrogen and oxygen atoms in total. The minimum absolute atomic E-state index is 0.0220. The Morgan fingerprint density at radius 1 is 1.39 bits per heavy atom. The summed E-state index contributed by atoms with van der Waals surface area (Å²) in [5.74, 6) is -1.20. The smallest absolute Gasteiger partial charge is 0.130 e. The van der Waals surface area contributed by atoms with Crippen molar-refractivity contribution >= 4 is 0 Å². The first kappa shape index (κ1) is 13.4. The van der Waals surface area contributed by atoms with E-state index in [9.17, 15) is 19.0 Å². The van der Waals surface area contributed by atoms with Crippen LogP contribution in [0, 0.1) is 11.6 Å². The zero-order valence-electron chi connectivity index (χ0n) is 10.2. The van der Waals surface area contributed by atoms with Crippen molar-refractivity contribution in [1.82, 2.24) is 4.90 Å². The highest BCUT2D eigenvalue weighted by atomic mass is 19.1. The van der Waals surface area contributed by atoms with Gasteiger partial charge in [-0.15, -0.1) is 0 Å². The summed E-state index contributed by atoms with van der Waals surface area (Å²) >= 11 is 0. The normalized spacial score (nSPS) is 28.8. The van der Waals surface area contributed by atoms with E-state index in [1.165, 1.54) is 18.2 Å². The number of hydrogen-bond acceptors (Lipinski definition) is 3. The van der Waals surface area contributed by atoms with Gasteiger partial charge in [-0.25, -0.2) is 8.78 Å². The topological polar surface area (TPSA) is 43.7 Å². The molecule has 1 aromatic rings. The molecule has 2 rings (SSSR count). The van der Waals surface area contributed by atoms with Crippen LogP contribution in [0.3, 0.4) is 0 Å². The fourth-order valence-electron chi connectivity index (χ4n) is 2.47. The first-order chi connectivity index (χ1) is 8.46. The van der Waals surface area contributed by atoms with Crippen LogP contribution < -0.4 is 0 Å². The number of nitrogens with zero attached hydrogens (tertiary/aromatic N) is 1. The van der Waals surface area contributed by atoms with E-state index in [0.29, 0.717) is 13.0 Å². The minimum Gasteiger partial charge on any atom is -0.394 e. The molecule has 1 aliphatic heterocycles. The van der Waals surface area contributed by atoms with Gasteiger partial charge in [0.05, 0.1) is 12.7 Å². The lowest BCUT2D eigenvalue weighted by molar-refractivity contribution is 0.0716. The Hall–Kier alpha value is -1.04. The SMILES string of the molecule is C[C@@]1(CO)C[C@@H](O)CN1Cc1c(F)cccc1F. The first-order valence-electron chi connectivity index (χ1n) is 5.93. The Bertz CT molecular complexity index is 421. The fraction of sp³-hybridized carbons (Fsp3) is 0.538. The van der Waals surface area contributed by atoms with Crippen LogP contribution >= 0.6 is 0 Å². The molecule has 1 aliphatic rings. The first-order valence-corrected chi connectivity index (χ1v) is 5.93. The van der Waals surface area contributed by atoms with Crippen LogP contribution in [0.5, 0.6) is 0 Å². The molecule has 1 aromatic carbocycles. The van der Waals surface area contributed by atoms with Crippen LogP contribution in [-0.4, -0.2) is 39.9 Å². The van der Waals surface area contributed by atoms with Gasteiger partial charge in [-0.2, -0.15) is 0 Å². The molecule has 0 radical (unpaired) electrons. The number of hydrogen-bond donors (Lipinski definition) is 2. The number of β-amino-alcohol motifs (C(OH)–C–C–N with tert-alkyl or cyclic N) is 1. The molecule has 0 aliphatic carbocycles. The van der Waals surface area contributed by atoms with E-state index in [1.807, 2.05) is 0 Å². The lowest BCUT2D eigenvalue weighted by Crippen LogP contribution is -2.43. The molecule has 0 saturated carbocycles. The van der Waals surface area contributed by atoms with Crippen molar-refractivity contribution < 1.29 is 19.0 Å². The zero-order valence-corrected chi connectivity index (χ0v) is 10.2. The highest BCUT2D eigenvalue weighted by molar-refractivity contribution is 5.20. The highest BCUT2D eigenvalue weighted by Crippen LogP contribution is 2.31. The van der Waals surface area contributed by atoms with Gasteiger partial charge in [-0.05, 0) is 25.5 Å². The van der Waals surface area contributed by atoms with Gasteiger partial charge < -0.3 is 10.2 Å². The molecule has 18 heavy (non-hydrogen) atoms. The number of halogens is 2. The van der Waals surface area contributed by atoms with Crippen molar-refractivity contribution in [1.29, 1.82) is 0 Å². The maximum Gasteiger partial charge on any atom is 0.130 e.